The zero-order valence-electron chi connectivity index (χ0n) is 17.2. The van der Waals surface area contributed by atoms with Crippen molar-refractivity contribution < 1.29 is 14.6 Å². The molecule has 1 N–H and O–H groups in total. The number of hydrogen-bond acceptors (Lipinski definition) is 4. The van der Waals surface area contributed by atoms with Crippen molar-refractivity contribution >= 4 is 0 Å². The lowest BCUT2D eigenvalue weighted by Gasteiger charge is -2.31. The molecule has 0 spiro atoms. The Kier molecular flexibility index (Phi) is 8.14. The van der Waals surface area contributed by atoms with Gasteiger partial charge in [-0.3, -0.25) is 4.90 Å². The summed E-state index contributed by atoms with van der Waals surface area (Å²) in [6, 6.07) is 14.4. The third kappa shape index (κ3) is 6.56. The van der Waals surface area contributed by atoms with Crippen molar-refractivity contribution in [1.29, 1.82) is 0 Å². The van der Waals surface area contributed by atoms with E-state index in [4.69, 9.17) is 9.47 Å². The summed E-state index contributed by atoms with van der Waals surface area (Å²) in [6.07, 6.45) is 0.489. The van der Waals surface area contributed by atoms with Crippen LogP contribution < -0.4 is 9.47 Å². The third-order valence-corrected chi connectivity index (χ3v) is 5.03. The predicted molar refractivity (Wildman–Crippen MR) is 111 cm³/mol. The number of benzene rings is 2. The molecular weight excluding hydrogens is 338 g/mol. The van der Waals surface area contributed by atoms with Crippen LogP contribution in [-0.2, 0) is 6.54 Å². The minimum atomic E-state index is -0.549. The molecule has 4 heteroatoms. The lowest BCUT2D eigenvalue weighted by atomic mass is 10.0. The number of hydrogen-bond donors (Lipinski definition) is 1. The third-order valence-electron chi connectivity index (χ3n) is 5.03. The van der Waals surface area contributed by atoms with Gasteiger partial charge in [-0.2, -0.15) is 0 Å². The molecule has 2 atom stereocenters. The standard InChI is InChI=1S/C23H33NO3/c1-6-19(4)24(14-20-8-7-17(2)13-18(20)3)15-21(25)16-27-23-11-9-22(26-5)10-12-23/h7-13,19,21,25H,6,14-16H2,1-5H3/t19-,21+/m1/s1. The fourth-order valence-corrected chi connectivity index (χ4v) is 3.09. The van der Waals surface area contributed by atoms with Crippen LogP contribution in [0.4, 0.5) is 0 Å². The molecule has 2 aromatic rings. The van der Waals surface area contributed by atoms with Crippen molar-refractivity contribution in [2.24, 2.45) is 0 Å². The lowest BCUT2D eigenvalue weighted by Crippen LogP contribution is -2.40. The fraction of sp³-hybridized carbons (Fsp3) is 0.478. The van der Waals surface area contributed by atoms with Crippen LogP contribution in [0.15, 0.2) is 42.5 Å². The highest BCUT2D eigenvalue weighted by Crippen LogP contribution is 2.19. The monoisotopic (exact) mass is 371 g/mol. The van der Waals surface area contributed by atoms with Gasteiger partial charge in [0.05, 0.1) is 7.11 Å². The Hall–Kier alpha value is -2.04. The van der Waals surface area contributed by atoms with Crippen LogP contribution in [0.3, 0.4) is 0 Å². The molecule has 4 nitrogen and oxygen atoms in total. The van der Waals surface area contributed by atoms with E-state index in [1.165, 1.54) is 16.7 Å². The maximum absolute atomic E-state index is 10.5. The maximum atomic E-state index is 10.5. The van der Waals surface area contributed by atoms with Gasteiger partial charge in [0.15, 0.2) is 0 Å². The van der Waals surface area contributed by atoms with E-state index in [9.17, 15) is 5.11 Å². The van der Waals surface area contributed by atoms with E-state index in [1.807, 2.05) is 24.3 Å². The molecule has 0 unspecified atom stereocenters. The molecule has 0 bridgehead atoms. The molecule has 27 heavy (non-hydrogen) atoms. The Morgan fingerprint density at radius 3 is 2.30 bits per heavy atom. The summed E-state index contributed by atoms with van der Waals surface area (Å²) in [5.74, 6) is 1.53. The summed E-state index contributed by atoms with van der Waals surface area (Å²) in [6.45, 7) is 10.3. The van der Waals surface area contributed by atoms with Crippen molar-refractivity contribution in [2.45, 2.75) is 52.8 Å². The van der Waals surface area contributed by atoms with Gasteiger partial charge >= 0.3 is 0 Å². The van der Waals surface area contributed by atoms with E-state index in [0.717, 1.165) is 24.5 Å². The first-order valence-electron chi connectivity index (χ1n) is 9.68. The number of aliphatic hydroxyl groups excluding tert-OH is 1. The minimum absolute atomic E-state index is 0.270. The SMILES string of the molecule is CC[C@@H](C)N(Cc1ccc(C)cc1C)C[C@H](O)COc1ccc(OC)cc1. The van der Waals surface area contributed by atoms with Gasteiger partial charge in [-0.15, -0.1) is 0 Å². The first-order chi connectivity index (χ1) is 12.9. The normalized spacial score (nSPS) is 13.4. The van der Waals surface area contributed by atoms with Crippen LogP contribution in [0, 0.1) is 13.8 Å². The zero-order chi connectivity index (χ0) is 19.8. The molecule has 0 saturated heterocycles. The van der Waals surface area contributed by atoms with Crippen LogP contribution in [0.2, 0.25) is 0 Å². The van der Waals surface area contributed by atoms with E-state index in [-0.39, 0.29) is 6.61 Å². The highest BCUT2D eigenvalue weighted by Gasteiger charge is 2.18. The molecule has 0 amide bonds. The quantitative estimate of drug-likeness (QED) is 0.674. The second-order valence-electron chi connectivity index (χ2n) is 7.26. The minimum Gasteiger partial charge on any atom is -0.497 e. The first kappa shape index (κ1) is 21.3. The number of rotatable bonds is 10. The van der Waals surface area contributed by atoms with Crippen LogP contribution in [0.1, 0.15) is 37.0 Å². The summed E-state index contributed by atoms with van der Waals surface area (Å²) < 4.78 is 10.9. The largest absolute Gasteiger partial charge is 0.497 e. The van der Waals surface area contributed by atoms with E-state index in [1.54, 1.807) is 7.11 Å². The highest BCUT2D eigenvalue weighted by atomic mass is 16.5. The van der Waals surface area contributed by atoms with Gasteiger partial charge in [0.1, 0.15) is 24.2 Å². The van der Waals surface area contributed by atoms with E-state index in [2.05, 4.69) is 50.8 Å². The van der Waals surface area contributed by atoms with Crippen molar-refractivity contribution in [3.05, 3.63) is 59.2 Å². The molecule has 2 rings (SSSR count). The van der Waals surface area contributed by atoms with E-state index >= 15 is 0 Å². The van der Waals surface area contributed by atoms with Crippen molar-refractivity contribution in [1.82, 2.24) is 4.90 Å². The average Bonchev–Trinajstić information content (AvgIpc) is 2.67. The van der Waals surface area contributed by atoms with Crippen LogP contribution in [-0.4, -0.2) is 42.4 Å². The Morgan fingerprint density at radius 2 is 1.70 bits per heavy atom. The Morgan fingerprint density at radius 1 is 1.04 bits per heavy atom. The van der Waals surface area contributed by atoms with Gasteiger partial charge < -0.3 is 14.6 Å². The summed E-state index contributed by atoms with van der Waals surface area (Å²) in [5.41, 5.74) is 3.88. The predicted octanol–water partition coefficient (Wildman–Crippen LogP) is 4.35. The van der Waals surface area contributed by atoms with E-state index < -0.39 is 6.10 Å². The summed E-state index contributed by atoms with van der Waals surface area (Å²) >= 11 is 0. The molecule has 0 aliphatic rings. The van der Waals surface area contributed by atoms with Gasteiger partial charge in [-0.1, -0.05) is 30.7 Å². The van der Waals surface area contributed by atoms with Gasteiger partial charge in [0.25, 0.3) is 0 Å². The number of aliphatic hydroxyl groups is 1. The van der Waals surface area contributed by atoms with Crippen LogP contribution in [0.25, 0.3) is 0 Å². The van der Waals surface area contributed by atoms with Gasteiger partial charge in [-0.05, 0) is 62.6 Å². The fourth-order valence-electron chi connectivity index (χ4n) is 3.09. The van der Waals surface area contributed by atoms with Crippen molar-refractivity contribution in [3.8, 4) is 11.5 Å². The smallest absolute Gasteiger partial charge is 0.119 e. The molecule has 0 aliphatic carbocycles. The van der Waals surface area contributed by atoms with Crippen LogP contribution >= 0.6 is 0 Å². The molecule has 0 aliphatic heterocycles. The number of ether oxygens (including phenoxy) is 2. The Balaban J connectivity index is 1.95. The molecular formula is C23H33NO3. The number of nitrogens with zero attached hydrogens (tertiary/aromatic N) is 1. The molecule has 0 fully saturated rings. The van der Waals surface area contributed by atoms with Gasteiger partial charge in [-0.25, -0.2) is 0 Å². The topological polar surface area (TPSA) is 41.9 Å². The Bertz CT molecular complexity index is 699. The highest BCUT2D eigenvalue weighted by molar-refractivity contribution is 5.31. The van der Waals surface area contributed by atoms with Crippen molar-refractivity contribution in [2.75, 3.05) is 20.3 Å². The second kappa shape index (κ2) is 10.3. The lowest BCUT2D eigenvalue weighted by molar-refractivity contribution is 0.0505. The second-order valence-corrected chi connectivity index (χ2v) is 7.26. The summed E-state index contributed by atoms with van der Waals surface area (Å²) in [4.78, 5) is 2.33. The van der Waals surface area contributed by atoms with Crippen LogP contribution in [0.5, 0.6) is 11.5 Å². The Labute approximate surface area is 163 Å². The summed E-state index contributed by atoms with van der Waals surface area (Å²) in [5, 5.41) is 10.5. The summed E-state index contributed by atoms with van der Waals surface area (Å²) in [7, 11) is 1.64. The maximum Gasteiger partial charge on any atom is 0.119 e. The molecule has 2 aromatic carbocycles. The molecule has 0 radical (unpaired) electrons. The van der Waals surface area contributed by atoms with Gasteiger partial charge in [0, 0.05) is 19.1 Å². The first-order valence-corrected chi connectivity index (χ1v) is 9.68. The number of methoxy groups -OCH3 is 1. The molecule has 0 saturated carbocycles. The molecule has 0 aromatic heterocycles. The average molecular weight is 372 g/mol. The van der Waals surface area contributed by atoms with Crippen molar-refractivity contribution in [3.63, 3.8) is 0 Å². The van der Waals surface area contributed by atoms with Gasteiger partial charge in [0.2, 0.25) is 0 Å². The molecule has 148 valence electrons. The zero-order valence-corrected chi connectivity index (χ0v) is 17.2. The van der Waals surface area contributed by atoms with E-state index in [0.29, 0.717) is 12.6 Å². The number of aryl methyl sites for hydroxylation is 2. The molecule has 0 heterocycles.